The van der Waals surface area contributed by atoms with Gasteiger partial charge in [0.1, 0.15) is 17.0 Å². The number of thiazole rings is 1. The van der Waals surface area contributed by atoms with Crippen LogP contribution in [0.25, 0.3) is 10.2 Å². The van der Waals surface area contributed by atoms with Crippen LogP contribution < -0.4 is 5.43 Å². The fourth-order valence-electron chi connectivity index (χ4n) is 1.66. The topological polar surface area (TPSA) is 93.3 Å². The van der Waals surface area contributed by atoms with Gasteiger partial charge >= 0.3 is 0 Å². The van der Waals surface area contributed by atoms with Crippen LogP contribution in [0.2, 0.25) is 0 Å². The molecular formula is C13H9N5O2S. The van der Waals surface area contributed by atoms with E-state index in [1.54, 1.807) is 6.21 Å². The van der Waals surface area contributed by atoms with Crippen LogP contribution in [0.3, 0.4) is 0 Å². The molecule has 0 spiro atoms. The summed E-state index contributed by atoms with van der Waals surface area (Å²) in [7, 11) is 0. The van der Waals surface area contributed by atoms with Crippen molar-refractivity contribution in [2.45, 2.75) is 0 Å². The van der Waals surface area contributed by atoms with E-state index in [0.717, 1.165) is 15.2 Å². The molecule has 0 aliphatic heterocycles. The molecule has 0 saturated carbocycles. The van der Waals surface area contributed by atoms with E-state index in [4.69, 9.17) is 0 Å². The molecule has 0 unspecified atom stereocenters. The van der Waals surface area contributed by atoms with Gasteiger partial charge in [0.25, 0.3) is 5.69 Å². The number of pyridine rings is 1. The fourth-order valence-corrected chi connectivity index (χ4v) is 2.50. The predicted octanol–water partition coefficient (Wildman–Crippen LogP) is 3.05. The van der Waals surface area contributed by atoms with Gasteiger partial charge in [-0.05, 0) is 18.2 Å². The number of nitro groups is 1. The summed E-state index contributed by atoms with van der Waals surface area (Å²) in [6, 6.07) is 10.7. The van der Waals surface area contributed by atoms with Crippen LogP contribution in [0, 0.1) is 10.1 Å². The minimum absolute atomic E-state index is 0.0595. The quantitative estimate of drug-likeness (QED) is 0.454. The molecule has 0 radical (unpaired) electrons. The minimum Gasteiger partial charge on any atom is -0.261 e. The first-order chi connectivity index (χ1) is 10.2. The van der Waals surface area contributed by atoms with Crippen molar-refractivity contribution in [3.8, 4) is 0 Å². The summed E-state index contributed by atoms with van der Waals surface area (Å²) in [5, 5.41) is 15.3. The number of fused-ring (bicyclic) bond motifs is 1. The lowest BCUT2D eigenvalue weighted by molar-refractivity contribution is -0.385. The smallest absolute Gasteiger partial charge is 0.261 e. The SMILES string of the molecule is O=[N+]([O-])c1ccc(NN=Cc2nc3ccccc3s2)nc1. The normalized spacial score (nSPS) is 11.0. The van der Waals surface area contributed by atoms with Crippen molar-refractivity contribution in [1.82, 2.24) is 9.97 Å². The van der Waals surface area contributed by atoms with E-state index >= 15 is 0 Å². The molecule has 104 valence electrons. The number of hydrazone groups is 1. The van der Waals surface area contributed by atoms with Gasteiger partial charge in [0.15, 0.2) is 0 Å². The Kier molecular flexibility index (Phi) is 3.52. The number of nitrogens with zero attached hydrogens (tertiary/aromatic N) is 4. The summed E-state index contributed by atoms with van der Waals surface area (Å²) in [6.45, 7) is 0. The van der Waals surface area contributed by atoms with Gasteiger partial charge in [0, 0.05) is 6.07 Å². The third-order valence-electron chi connectivity index (χ3n) is 2.62. The van der Waals surface area contributed by atoms with Crippen LogP contribution in [0.5, 0.6) is 0 Å². The molecule has 8 heteroatoms. The first kappa shape index (κ1) is 13.1. The molecule has 0 bridgehead atoms. The van der Waals surface area contributed by atoms with E-state index in [-0.39, 0.29) is 5.69 Å². The largest absolute Gasteiger partial charge is 0.287 e. The molecule has 3 aromatic rings. The van der Waals surface area contributed by atoms with Gasteiger partial charge in [0.05, 0.1) is 21.4 Å². The second-order valence-corrected chi connectivity index (χ2v) is 5.11. The maximum atomic E-state index is 10.5. The van der Waals surface area contributed by atoms with Crippen LogP contribution in [0.1, 0.15) is 5.01 Å². The van der Waals surface area contributed by atoms with Crippen LogP contribution in [-0.4, -0.2) is 21.1 Å². The van der Waals surface area contributed by atoms with Gasteiger partial charge in [-0.1, -0.05) is 12.1 Å². The van der Waals surface area contributed by atoms with E-state index in [1.165, 1.54) is 29.7 Å². The maximum absolute atomic E-state index is 10.5. The Balaban J connectivity index is 1.70. The lowest BCUT2D eigenvalue weighted by Gasteiger charge is -1.97. The summed E-state index contributed by atoms with van der Waals surface area (Å²) in [4.78, 5) is 18.3. The van der Waals surface area contributed by atoms with Crippen LogP contribution >= 0.6 is 11.3 Å². The summed E-state index contributed by atoms with van der Waals surface area (Å²) in [5.74, 6) is 0.429. The number of para-hydroxylation sites is 1. The number of benzene rings is 1. The Labute approximate surface area is 123 Å². The molecule has 1 aromatic carbocycles. The van der Waals surface area contributed by atoms with Crippen LogP contribution in [0.15, 0.2) is 47.7 Å². The summed E-state index contributed by atoms with van der Waals surface area (Å²) >= 11 is 1.53. The lowest BCUT2D eigenvalue weighted by atomic mass is 10.3. The zero-order valence-electron chi connectivity index (χ0n) is 10.6. The third-order valence-corrected chi connectivity index (χ3v) is 3.59. The molecule has 3 rings (SSSR count). The second kappa shape index (κ2) is 5.63. The molecule has 2 heterocycles. The first-order valence-corrected chi connectivity index (χ1v) is 6.79. The van der Waals surface area contributed by atoms with Gasteiger partial charge in [-0.2, -0.15) is 5.10 Å². The summed E-state index contributed by atoms with van der Waals surface area (Å²) < 4.78 is 1.09. The molecular weight excluding hydrogens is 290 g/mol. The monoisotopic (exact) mass is 299 g/mol. The lowest BCUT2D eigenvalue weighted by Crippen LogP contribution is -1.94. The van der Waals surface area contributed by atoms with Crippen molar-refractivity contribution < 1.29 is 4.92 Å². The first-order valence-electron chi connectivity index (χ1n) is 5.97. The number of nitrogens with one attached hydrogen (secondary N) is 1. The van der Waals surface area contributed by atoms with E-state index in [9.17, 15) is 10.1 Å². The molecule has 21 heavy (non-hydrogen) atoms. The van der Waals surface area contributed by atoms with Gasteiger partial charge in [-0.25, -0.2) is 9.97 Å². The predicted molar refractivity (Wildman–Crippen MR) is 81.7 cm³/mol. The van der Waals surface area contributed by atoms with Crippen LogP contribution in [0.4, 0.5) is 11.5 Å². The molecule has 1 N–H and O–H groups in total. The van der Waals surface area contributed by atoms with Crippen molar-refractivity contribution in [3.05, 3.63) is 57.7 Å². The number of hydrogen-bond acceptors (Lipinski definition) is 7. The number of aromatic nitrogens is 2. The van der Waals surface area contributed by atoms with E-state index in [0.29, 0.717) is 5.82 Å². The summed E-state index contributed by atoms with van der Waals surface area (Å²) in [6.07, 6.45) is 2.77. The highest BCUT2D eigenvalue weighted by Gasteiger charge is 2.04. The van der Waals surface area contributed by atoms with Gasteiger partial charge in [-0.15, -0.1) is 11.3 Å². The van der Waals surface area contributed by atoms with E-state index in [2.05, 4.69) is 20.5 Å². The van der Waals surface area contributed by atoms with Crippen molar-refractivity contribution in [2.75, 3.05) is 5.43 Å². The number of hydrogen-bond donors (Lipinski definition) is 1. The van der Waals surface area contributed by atoms with Crippen LogP contribution in [-0.2, 0) is 0 Å². The van der Waals surface area contributed by atoms with Gasteiger partial charge in [0.2, 0.25) is 0 Å². The second-order valence-electron chi connectivity index (χ2n) is 4.05. The van der Waals surface area contributed by atoms with Gasteiger partial charge < -0.3 is 0 Å². The molecule has 0 aliphatic carbocycles. The molecule has 0 atom stereocenters. The Morgan fingerprint density at radius 2 is 2.14 bits per heavy atom. The Hall–Kier alpha value is -2.87. The molecule has 0 fully saturated rings. The zero-order valence-corrected chi connectivity index (χ0v) is 11.4. The van der Waals surface area contributed by atoms with Crippen molar-refractivity contribution in [2.24, 2.45) is 5.10 Å². The molecule has 0 aliphatic rings. The number of anilines is 1. The van der Waals surface area contributed by atoms with Gasteiger partial charge in [-0.3, -0.25) is 15.5 Å². The molecule has 0 amide bonds. The average Bonchev–Trinajstić information content (AvgIpc) is 2.90. The highest BCUT2D eigenvalue weighted by molar-refractivity contribution is 7.20. The van der Waals surface area contributed by atoms with Crippen molar-refractivity contribution in [3.63, 3.8) is 0 Å². The van der Waals surface area contributed by atoms with E-state index in [1.807, 2.05) is 24.3 Å². The zero-order chi connectivity index (χ0) is 14.7. The van der Waals surface area contributed by atoms with Crippen molar-refractivity contribution >= 4 is 39.3 Å². The minimum atomic E-state index is -0.499. The van der Waals surface area contributed by atoms with E-state index < -0.39 is 4.92 Å². The fraction of sp³-hybridized carbons (Fsp3) is 0. The standard InChI is InChI=1S/C13H9N5O2S/c19-18(20)9-5-6-12(14-7-9)17-15-8-13-16-10-3-1-2-4-11(10)21-13/h1-8H,(H,14,17). The van der Waals surface area contributed by atoms with Crippen molar-refractivity contribution in [1.29, 1.82) is 0 Å². The summed E-state index contributed by atoms with van der Waals surface area (Å²) in [5.41, 5.74) is 3.57. The molecule has 0 saturated heterocycles. The number of rotatable bonds is 4. The molecule has 7 nitrogen and oxygen atoms in total. The average molecular weight is 299 g/mol. The highest BCUT2D eigenvalue weighted by Crippen LogP contribution is 2.20. The Morgan fingerprint density at radius 3 is 2.86 bits per heavy atom. The maximum Gasteiger partial charge on any atom is 0.287 e. The third kappa shape index (κ3) is 3.00. The Bertz CT molecular complexity index is 780. The highest BCUT2D eigenvalue weighted by atomic mass is 32.1. The Morgan fingerprint density at radius 1 is 1.29 bits per heavy atom. The molecule has 2 aromatic heterocycles.